The van der Waals surface area contributed by atoms with Gasteiger partial charge in [-0.05, 0) is 66.8 Å². The van der Waals surface area contributed by atoms with Crippen molar-refractivity contribution in [3.63, 3.8) is 0 Å². The predicted octanol–water partition coefficient (Wildman–Crippen LogP) is 7.13. The minimum atomic E-state index is -0.651. The van der Waals surface area contributed by atoms with E-state index in [1.165, 1.54) is 0 Å². The zero-order valence-corrected chi connectivity index (χ0v) is 23.3. The number of ether oxygens (including phenoxy) is 2. The van der Waals surface area contributed by atoms with Crippen molar-refractivity contribution in [1.82, 2.24) is 4.90 Å². The van der Waals surface area contributed by atoms with E-state index in [4.69, 9.17) is 13.9 Å². The molecule has 6 heteroatoms. The van der Waals surface area contributed by atoms with Crippen LogP contribution < -0.4 is 14.9 Å². The Morgan fingerprint density at radius 2 is 1.51 bits per heavy atom. The van der Waals surface area contributed by atoms with E-state index in [0.717, 1.165) is 27.8 Å². The molecule has 0 saturated heterocycles. The average molecular weight is 546 g/mol. The van der Waals surface area contributed by atoms with Crippen molar-refractivity contribution in [3.05, 3.63) is 140 Å². The molecule has 0 radical (unpaired) electrons. The summed E-state index contributed by atoms with van der Waals surface area (Å²) in [5.41, 5.74) is 5.14. The summed E-state index contributed by atoms with van der Waals surface area (Å²) in [5.74, 6) is 0.932. The monoisotopic (exact) mass is 545 g/mol. The van der Waals surface area contributed by atoms with Gasteiger partial charge < -0.3 is 18.8 Å². The van der Waals surface area contributed by atoms with Gasteiger partial charge in [0.05, 0.1) is 23.6 Å². The number of nitrogens with zero attached hydrogens (tertiary/aromatic N) is 1. The Morgan fingerprint density at radius 3 is 2.22 bits per heavy atom. The van der Waals surface area contributed by atoms with E-state index < -0.39 is 6.04 Å². The smallest absolute Gasteiger partial charge is 0.291 e. The first-order chi connectivity index (χ1) is 19.9. The van der Waals surface area contributed by atoms with E-state index in [-0.39, 0.29) is 17.1 Å². The average Bonchev–Trinajstić information content (AvgIpc) is 3.25. The van der Waals surface area contributed by atoms with Gasteiger partial charge in [0.25, 0.3) is 5.91 Å². The predicted molar refractivity (Wildman–Crippen MR) is 159 cm³/mol. The summed E-state index contributed by atoms with van der Waals surface area (Å²) in [6, 6.07) is 28.4. The molecule has 0 bridgehead atoms. The lowest BCUT2D eigenvalue weighted by molar-refractivity contribution is 0.0714. The summed E-state index contributed by atoms with van der Waals surface area (Å²) in [6.45, 7) is 6.90. The van der Waals surface area contributed by atoms with Crippen molar-refractivity contribution < 1.29 is 18.7 Å². The molecule has 41 heavy (non-hydrogen) atoms. The summed E-state index contributed by atoms with van der Waals surface area (Å²) >= 11 is 0. The molecule has 6 nitrogen and oxygen atoms in total. The number of hydrogen-bond donors (Lipinski definition) is 0. The van der Waals surface area contributed by atoms with Crippen molar-refractivity contribution in [2.24, 2.45) is 0 Å². The number of benzene rings is 4. The Morgan fingerprint density at radius 1 is 0.805 bits per heavy atom. The van der Waals surface area contributed by atoms with E-state index in [9.17, 15) is 9.59 Å². The lowest BCUT2D eigenvalue weighted by atomic mass is 9.96. The summed E-state index contributed by atoms with van der Waals surface area (Å²) in [7, 11) is 0. The van der Waals surface area contributed by atoms with Crippen LogP contribution >= 0.6 is 0 Å². The van der Waals surface area contributed by atoms with Crippen LogP contribution in [0.3, 0.4) is 0 Å². The van der Waals surface area contributed by atoms with Crippen LogP contribution in [0.25, 0.3) is 11.0 Å². The van der Waals surface area contributed by atoms with Crippen molar-refractivity contribution in [3.8, 4) is 11.5 Å². The van der Waals surface area contributed by atoms with E-state index >= 15 is 0 Å². The second-order valence-corrected chi connectivity index (χ2v) is 10.4. The van der Waals surface area contributed by atoms with Crippen LogP contribution in [0.4, 0.5) is 0 Å². The normalized spacial score (nSPS) is 14.4. The molecule has 5 aromatic rings. The van der Waals surface area contributed by atoms with Crippen LogP contribution in [0.1, 0.15) is 56.9 Å². The van der Waals surface area contributed by atoms with Gasteiger partial charge in [-0.2, -0.15) is 0 Å². The molecule has 1 unspecified atom stereocenters. The summed E-state index contributed by atoms with van der Waals surface area (Å²) in [5, 5.41) is 0.480. The van der Waals surface area contributed by atoms with Crippen LogP contribution in [-0.2, 0) is 13.2 Å². The van der Waals surface area contributed by atoms with E-state index in [0.29, 0.717) is 47.8 Å². The SMILES string of the molecule is CCOc1cc(C2c3c(oc4c(C)cc(C)cc4c3=O)C(=O)N2Cc2ccccc2)ccc1OCc1ccccc1. The molecule has 1 aromatic heterocycles. The number of rotatable bonds is 8. The van der Waals surface area contributed by atoms with E-state index in [1.54, 1.807) is 4.90 Å². The number of carbonyl (C=O) groups excluding carboxylic acids is 1. The Bertz CT molecular complexity index is 1790. The summed E-state index contributed by atoms with van der Waals surface area (Å²) in [4.78, 5) is 29.7. The highest BCUT2D eigenvalue weighted by Crippen LogP contribution is 2.42. The Hall–Kier alpha value is -4.84. The van der Waals surface area contributed by atoms with Crippen LogP contribution in [0.2, 0.25) is 0 Å². The fourth-order valence-electron chi connectivity index (χ4n) is 5.58. The van der Waals surface area contributed by atoms with Gasteiger partial charge in [0.1, 0.15) is 12.2 Å². The minimum Gasteiger partial charge on any atom is -0.490 e. The van der Waals surface area contributed by atoms with Crippen molar-refractivity contribution >= 4 is 16.9 Å². The molecule has 1 amide bonds. The van der Waals surface area contributed by atoms with Gasteiger partial charge in [0, 0.05) is 6.54 Å². The maximum Gasteiger partial charge on any atom is 0.291 e. The van der Waals surface area contributed by atoms with Crippen LogP contribution in [-0.4, -0.2) is 17.4 Å². The third-order valence-electron chi connectivity index (χ3n) is 7.41. The first kappa shape index (κ1) is 26.4. The highest BCUT2D eigenvalue weighted by molar-refractivity contribution is 5.99. The Kier molecular flexibility index (Phi) is 7.06. The molecule has 0 saturated carbocycles. The van der Waals surface area contributed by atoms with Crippen molar-refractivity contribution in [2.75, 3.05) is 6.61 Å². The molecule has 1 atom stereocenters. The Labute approximate surface area is 238 Å². The Balaban J connectivity index is 1.48. The molecular formula is C35H31NO5. The lowest BCUT2D eigenvalue weighted by Gasteiger charge is -2.26. The number of hydrogen-bond acceptors (Lipinski definition) is 5. The molecule has 4 aromatic carbocycles. The standard InChI is InChI=1S/C35H31NO5/c1-4-39-29-19-26(15-16-28(29)40-21-25-13-9-6-10-14-25)31-30-32(37)27-18-22(2)17-23(3)33(27)41-34(30)35(38)36(31)20-24-11-7-5-8-12-24/h5-19,31H,4,20-21H2,1-3H3. The number of fused-ring (bicyclic) bond motifs is 2. The molecule has 0 spiro atoms. The van der Waals surface area contributed by atoms with Crippen LogP contribution in [0.5, 0.6) is 11.5 Å². The van der Waals surface area contributed by atoms with Crippen LogP contribution in [0.15, 0.2) is 100 Å². The van der Waals surface area contributed by atoms with Crippen LogP contribution in [0, 0.1) is 13.8 Å². The third-order valence-corrected chi connectivity index (χ3v) is 7.41. The van der Waals surface area contributed by atoms with Gasteiger partial charge >= 0.3 is 0 Å². The summed E-state index contributed by atoms with van der Waals surface area (Å²) in [6.07, 6.45) is 0. The van der Waals surface area contributed by atoms with Crippen molar-refractivity contribution in [1.29, 1.82) is 0 Å². The summed E-state index contributed by atoms with van der Waals surface area (Å²) < 4.78 is 18.4. The van der Waals surface area contributed by atoms with Gasteiger partial charge in [0.2, 0.25) is 5.76 Å². The minimum absolute atomic E-state index is 0.0951. The first-order valence-corrected chi connectivity index (χ1v) is 13.8. The maximum absolute atomic E-state index is 14.1. The van der Waals surface area contributed by atoms with E-state index in [2.05, 4.69) is 0 Å². The maximum atomic E-state index is 14.1. The molecule has 2 heterocycles. The molecule has 206 valence electrons. The highest BCUT2D eigenvalue weighted by Gasteiger charge is 2.43. The lowest BCUT2D eigenvalue weighted by Crippen LogP contribution is -2.29. The second-order valence-electron chi connectivity index (χ2n) is 10.4. The van der Waals surface area contributed by atoms with Gasteiger partial charge in [0.15, 0.2) is 16.9 Å². The molecular weight excluding hydrogens is 514 g/mol. The second kappa shape index (κ2) is 11.0. The van der Waals surface area contributed by atoms with Gasteiger partial charge in [-0.25, -0.2) is 0 Å². The zero-order chi connectivity index (χ0) is 28.5. The molecule has 6 rings (SSSR count). The largest absolute Gasteiger partial charge is 0.490 e. The molecule has 1 aliphatic heterocycles. The number of amides is 1. The molecule has 1 aliphatic rings. The topological polar surface area (TPSA) is 69.0 Å². The number of carbonyl (C=O) groups is 1. The quantitative estimate of drug-likeness (QED) is 0.207. The molecule has 0 N–H and O–H groups in total. The van der Waals surface area contributed by atoms with E-state index in [1.807, 2.05) is 112 Å². The molecule has 0 fully saturated rings. The fourth-order valence-corrected chi connectivity index (χ4v) is 5.58. The first-order valence-electron chi connectivity index (χ1n) is 13.8. The number of aryl methyl sites for hydroxylation is 2. The fraction of sp³-hybridized carbons (Fsp3) is 0.200. The third kappa shape index (κ3) is 4.97. The highest BCUT2D eigenvalue weighted by atomic mass is 16.5. The molecule has 0 aliphatic carbocycles. The zero-order valence-electron chi connectivity index (χ0n) is 23.3. The van der Waals surface area contributed by atoms with Gasteiger partial charge in [-0.15, -0.1) is 0 Å². The van der Waals surface area contributed by atoms with Gasteiger partial charge in [-0.3, -0.25) is 9.59 Å². The van der Waals surface area contributed by atoms with Gasteiger partial charge in [-0.1, -0.05) is 72.8 Å². The van der Waals surface area contributed by atoms with Crippen molar-refractivity contribution in [2.45, 2.75) is 40.0 Å².